The van der Waals surface area contributed by atoms with Gasteiger partial charge in [-0.1, -0.05) is 6.07 Å². The predicted molar refractivity (Wildman–Crippen MR) is 68.5 cm³/mol. The van der Waals surface area contributed by atoms with Gasteiger partial charge in [-0.25, -0.2) is 4.98 Å². The van der Waals surface area contributed by atoms with Crippen molar-refractivity contribution in [3.8, 4) is 0 Å². The van der Waals surface area contributed by atoms with E-state index in [1.807, 2.05) is 37.0 Å². The van der Waals surface area contributed by atoms with E-state index in [0.717, 1.165) is 23.7 Å². The molecule has 0 amide bonds. The monoisotopic (exact) mass is 225 g/mol. The van der Waals surface area contributed by atoms with Gasteiger partial charge in [-0.2, -0.15) is 11.8 Å². The molecule has 1 aromatic rings. The van der Waals surface area contributed by atoms with Crippen molar-refractivity contribution in [2.75, 3.05) is 30.5 Å². The zero-order valence-corrected chi connectivity index (χ0v) is 10.4. The number of nitrogens with two attached hydrogens (primary N) is 1. The second-order valence-electron chi connectivity index (χ2n) is 3.65. The van der Waals surface area contributed by atoms with Gasteiger partial charge in [-0.3, -0.25) is 0 Å². The molecule has 0 radical (unpaired) electrons. The lowest BCUT2D eigenvalue weighted by atomic mass is 10.1. The number of thioether (sulfide) groups is 1. The van der Waals surface area contributed by atoms with Crippen molar-refractivity contribution in [3.63, 3.8) is 0 Å². The van der Waals surface area contributed by atoms with E-state index >= 15 is 0 Å². The van der Waals surface area contributed by atoms with E-state index in [1.54, 1.807) is 0 Å². The Morgan fingerprint density at radius 1 is 1.53 bits per heavy atom. The van der Waals surface area contributed by atoms with Crippen LogP contribution in [0.25, 0.3) is 0 Å². The lowest BCUT2D eigenvalue weighted by Crippen LogP contribution is -2.21. The van der Waals surface area contributed by atoms with E-state index < -0.39 is 0 Å². The Bertz CT molecular complexity index is 284. The SMILES string of the molecule is CSCCN(C)c1ccc([C@H](C)N)cn1. The molecule has 4 heteroatoms. The van der Waals surface area contributed by atoms with E-state index in [2.05, 4.69) is 23.2 Å². The molecule has 0 aromatic carbocycles. The van der Waals surface area contributed by atoms with Crippen LogP contribution < -0.4 is 10.6 Å². The zero-order chi connectivity index (χ0) is 11.3. The molecule has 1 heterocycles. The largest absolute Gasteiger partial charge is 0.359 e. The zero-order valence-electron chi connectivity index (χ0n) is 9.60. The minimum atomic E-state index is 0.0584. The number of nitrogens with zero attached hydrogens (tertiary/aromatic N) is 2. The highest BCUT2D eigenvalue weighted by Crippen LogP contribution is 2.13. The summed E-state index contributed by atoms with van der Waals surface area (Å²) in [4.78, 5) is 6.54. The molecule has 0 bridgehead atoms. The molecule has 1 aromatic heterocycles. The molecule has 0 spiro atoms. The maximum Gasteiger partial charge on any atom is 0.128 e. The minimum absolute atomic E-state index is 0.0584. The molecule has 0 fully saturated rings. The normalized spacial score (nSPS) is 12.5. The lowest BCUT2D eigenvalue weighted by molar-refractivity contribution is 0.809. The number of hydrogen-bond donors (Lipinski definition) is 1. The average Bonchev–Trinajstić information content (AvgIpc) is 2.26. The first-order chi connectivity index (χ1) is 7.15. The van der Waals surface area contributed by atoms with Gasteiger partial charge in [0.2, 0.25) is 0 Å². The summed E-state index contributed by atoms with van der Waals surface area (Å²) in [6.07, 6.45) is 3.97. The summed E-state index contributed by atoms with van der Waals surface area (Å²) in [5.74, 6) is 2.13. The highest BCUT2D eigenvalue weighted by atomic mass is 32.2. The summed E-state index contributed by atoms with van der Waals surface area (Å²) in [6.45, 7) is 2.99. The lowest BCUT2D eigenvalue weighted by Gasteiger charge is -2.18. The van der Waals surface area contributed by atoms with Crippen molar-refractivity contribution in [3.05, 3.63) is 23.9 Å². The molecule has 2 N–H and O–H groups in total. The third kappa shape index (κ3) is 3.72. The third-order valence-electron chi connectivity index (χ3n) is 2.32. The van der Waals surface area contributed by atoms with Gasteiger partial charge in [0.05, 0.1) is 0 Å². The first kappa shape index (κ1) is 12.3. The first-order valence-corrected chi connectivity index (χ1v) is 6.46. The highest BCUT2D eigenvalue weighted by molar-refractivity contribution is 7.98. The van der Waals surface area contributed by atoms with Gasteiger partial charge in [0.15, 0.2) is 0 Å². The summed E-state index contributed by atoms with van der Waals surface area (Å²) in [5.41, 5.74) is 6.84. The van der Waals surface area contributed by atoms with Gasteiger partial charge in [0.1, 0.15) is 5.82 Å². The average molecular weight is 225 g/mol. The molecule has 0 saturated heterocycles. The molecule has 84 valence electrons. The van der Waals surface area contributed by atoms with Crippen molar-refractivity contribution >= 4 is 17.6 Å². The van der Waals surface area contributed by atoms with E-state index in [0.29, 0.717) is 0 Å². The maximum atomic E-state index is 5.76. The topological polar surface area (TPSA) is 42.1 Å². The maximum absolute atomic E-state index is 5.76. The van der Waals surface area contributed by atoms with Gasteiger partial charge in [0.25, 0.3) is 0 Å². The van der Waals surface area contributed by atoms with Crippen molar-refractivity contribution < 1.29 is 0 Å². The molecule has 0 aliphatic heterocycles. The summed E-state index contributed by atoms with van der Waals surface area (Å²) >= 11 is 1.84. The molecule has 0 unspecified atom stereocenters. The van der Waals surface area contributed by atoms with Crippen LogP contribution in [-0.2, 0) is 0 Å². The van der Waals surface area contributed by atoms with Gasteiger partial charge in [0, 0.05) is 31.6 Å². The highest BCUT2D eigenvalue weighted by Gasteiger charge is 2.03. The van der Waals surface area contributed by atoms with E-state index in [4.69, 9.17) is 5.73 Å². The minimum Gasteiger partial charge on any atom is -0.359 e. The van der Waals surface area contributed by atoms with Gasteiger partial charge in [-0.05, 0) is 24.8 Å². The second-order valence-corrected chi connectivity index (χ2v) is 4.64. The fourth-order valence-corrected chi connectivity index (χ4v) is 1.69. The molecular weight excluding hydrogens is 206 g/mol. The van der Waals surface area contributed by atoms with Crippen LogP contribution in [0.3, 0.4) is 0 Å². The van der Waals surface area contributed by atoms with Crippen LogP contribution in [0.5, 0.6) is 0 Å². The van der Waals surface area contributed by atoms with Crippen LogP contribution in [0.2, 0.25) is 0 Å². The molecule has 1 atom stereocenters. The Morgan fingerprint density at radius 2 is 2.27 bits per heavy atom. The fourth-order valence-electron chi connectivity index (χ4n) is 1.24. The molecule has 3 nitrogen and oxygen atoms in total. The summed E-state index contributed by atoms with van der Waals surface area (Å²) in [7, 11) is 2.06. The van der Waals surface area contributed by atoms with Gasteiger partial charge < -0.3 is 10.6 Å². The molecule has 1 rings (SSSR count). The van der Waals surface area contributed by atoms with Gasteiger partial charge in [-0.15, -0.1) is 0 Å². The fraction of sp³-hybridized carbons (Fsp3) is 0.545. The van der Waals surface area contributed by atoms with E-state index in [1.165, 1.54) is 0 Å². The summed E-state index contributed by atoms with van der Waals surface area (Å²) in [5, 5.41) is 0. The first-order valence-electron chi connectivity index (χ1n) is 5.06. The van der Waals surface area contributed by atoms with E-state index in [9.17, 15) is 0 Å². The molecule has 0 aliphatic carbocycles. The van der Waals surface area contributed by atoms with Crippen LogP contribution in [-0.4, -0.2) is 30.6 Å². The number of aromatic nitrogens is 1. The second kappa shape index (κ2) is 5.98. The van der Waals surface area contributed by atoms with Crippen LogP contribution in [0.15, 0.2) is 18.3 Å². The molecular formula is C11H19N3S. The molecule has 15 heavy (non-hydrogen) atoms. The standard InChI is InChI=1S/C11H19N3S/c1-9(12)10-4-5-11(13-8-10)14(2)6-7-15-3/h4-5,8-9H,6-7,12H2,1-3H3/t9-/m0/s1. The smallest absolute Gasteiger partial charge is 0.128 e. The van der Waals surface area contributed by atoms with Crippen molar-refractivity contribution in [1.82, 2.24) is 4.98 Å². The van der Waals surface area contributed by atoms with Crippen LogP contribution in [0, 0.1) is 0 Å². The van der Waals surface area contributed by atoms with Crippen LogP contribution in [0.4, 0.5) is 5.82 Å². The molecule has 0 aliphatic rings. The predicted octanol–water partition coefficient (Wildman–Crippen LogP) is 1.90. The Labute approximate surface area is 96.1 Å². The summed E-state index contributed by atoms with van der Waals surface area (Å²) < 4.78 is 0. The van der Waals surface area contributed by atoms with Crippen molar-refractivity contribution in [2.45, 2.75) is 13.0 Å². The van der Waals surface area contributed by atoms with Crippen LogP contribution >= 0.6 is 11.8 Å². The Balaban J connectivity index is 2.62. The number of rotatable bonds is 5. The van der Waals surface area contributed by atoms with Gasteiger partial charge >= 0.3 is 0 Å². The Morgan fingerprint density at radius 3 is 2.73 bits per heavy atom. The van der Waals surface area contributed by atoms with E-state index in [-0.39, 0.29) is 6.04 Å². The van der Waals surface area contributed by atoms with Crippen LogP contribution in [0.1, 0.15) is 18.5 Å². The Kier molecular flexibility index (Phi) is 4.91. The number of pyridine rings is 1. The molecule has 0 saturated carbocycles. The Hall–Kier alpha value is -0.740. The third-order valence-corrected chi connectivity index (χ3v) is 2.91. The quantitative estimate of drug-likeness (QED) is 0.831. The number of anilines is 1. The van der Waals surface area contributed by atoms with Crippen molar-refractivity contribution in [1.29, 1.82) is 0 Å². The summed E-state index contributed by atoms with van der Waals surface area (Å²) in [6, 6.07) is 4.13. The van der Waals surface area contributed by atoms with Crippen molar-refractivity contribution in [2.24, 2.45) is 5.73 Å². The number of hydrogen-bond acceptors (Lipinski definition) is 4.